The van der Waals surface area contributed by atoms with E-state index < -0.39 is 0 Å². The summed E-state index contributed by atoms with van der Waals surface area (Å²) in [7, 11) is 2.23. The zero-order valence-electron chi connectivity index (χ0n) is 10.9. The standard InChI is InChI=1S/C13H26N2O/c1-10-11(6-8-16-10)15(3)9-13(2)7-4-5-12(13)14/h10-12H,4-9,14H2,1-3H3. The van der Waals surface area contributed by atoms with E-state index in [0.717, 1.165) is 13.2 Å². The molecular formula is C13H26N2O. The molecule has 2 rings (SSSR count). The molecule has 0 spiro atoms. The van der Waals surface area contributed by atoms with E-state index in [0.29, 0.717) is 23.6 Å². The SMILES string of the molecule is CC1OCCC1N(C)CC1(C)CCCC1N. The molecule has 0 radical (unpaired) electrons. The fraction of sp³-hybridized carbons (Fsp3) is 1.00. The van der Waals surface area contributed by atoms with Crippen LogP contribution in [-0.2, 0) is 4.74 Å². The predicted molar refractivity (Wildman–Crippen MR) is 66.4 cm³/mol. The first-order valence-electron chi connectivity index (χ1n) is 6.60. The third kappa shape index (κ3) is 2.27. The van der Waals surface area contributed by atoms with E-state index in [2.05, 4.69) is 25.8 Å². The monoisotopic (exact) mass is 226 g/mol. The summed E-state index contributed by atoms with van der Waals surface area (Å²) in [6.07, 6.45) is 5.32. The highest BCUT2D eigenvalue weighted by Gasteiger charge is 2.39. The number of hydrogen-bond donors (Lipinski definition) is 1. The number of nitrogens with zero attached hydrogens (tertiary/aromatic N) is 1. The van der Waals surface area contributed by atoms with Crippen LogP contribution in [0.5, 0.6) is 0 Å². The quantitative estimate of drug-likeness (QED) is 0.794. The molecular weight excluding hydrogens is 200 g/mol. The van der Waals surface area contributed by atoms with Gasteiger partial charge in [0.2, 0.25) is 0 Å². The van der Waals surface area contributed by atoms with Gasteiger partial charge in [0.1, 0.15) is 0 Å². The second kappa shape index (κ2) is 4.63. The molecule has 4 unspecified atom stereocenters. The summed E-state index contributed by atoms with van der Waals surface area (Å²) in [6.45, 7) is 6.57. The largest absolute Gasteiger partial charge is 0.377 e. The summed E-state index contributed by atoms with van der Waals surface area (Å²) in [5.74, 6) is 0. The molecule has 3 nitrogen and oxygen atoms in total. The van der Waals surface area contributed by atoms with Gasteiger partial charge in [0.25, 0.3) is 0 Å². The average Bonchev–Trinajstić information content (AvgIpc) is 2.75. The van der Waals surface area contributed by atoms with Gasteiger partial charge in [-0.1, -0.05) is 13.3 Å². The number of likely N-dealkylation sites (N-methyl/N-ethyl adjacent to an activating group) is 1. The van der Waals surface area contributed by atoms with Crippen molar-refractivity contribution in [2.75, 3.05) is 20.2 Å². The van der Waals surface area contributed by atoms with Crippen LogP contribution in [0.2, 0.25) is 0 Å². The Labute approximate surface area is 99.3 Å². The van der Waals surface area contributed by atoms with Crippen molar-refractivity contribution in [3.05, 3.63) is 0 Å². The van der Waals surface area contributed by atoms with Crippen LogP contribution in [0.3, 0.4) is 0 Å². The Bertz CT molecular complexity index is 246. The van der Waals surface area contributed by atoms with E-state index in [-0.39, 0.29) is 0 Å². The third-order valence-corrected chi connectivity index (χ3v) is 4.67. The normalized spacial score (nSPS) is 44.4. The minimum Gasteiger partial charge on any atom is -0.377 e. The maximum atomic E-state index is 6.24. The number of nitrogens with two attached hydrogens (primary N) is 1. The van der Waals surface area contributed by atoms with Crippen LogP contribution in [0.1, 0.15) is 39.5 Å². The Hall–Kier alpha value is -0.120. The van der Waals surface area contributed by atoms with Crippen molar-refractivity contribution in [1.82, 2.24) is 4.90 Å². The maximum Gasteiger partial charge on any atom is 0.0702 e. The zero-order chi connectivity index (χ0) is 11.8. The van der Waals surface area contributed by atoms with Gasteiger partial charge in [0, 0.05) is 25.2 Å². The van der Waals surface area contributed by atoms with Crippen LogP contribution in [0.25, 0.3) is 0 Å². The van der Waals surface area contributed by atoms with Crippen LogP contribution in [0.15, 0.2) is 0 Å². The fourth-order valence-corrected chi connectivity index (χ4v) is 3.44. The smallest absolute Gasteiger partial charge is 0.0702 e. The number of rotatable bonds is 3. The molecule has 1 saturated heterocycles. The molecule has 1 aliphatic carbocycles. The van der Waals surface area contributed by atoms with E-state index in [9.17, 15) is 0 Å². The number of ether oxygens (including phenoxy) is 1. The van der Waals surface area contributed by atoms with E-state index in [1.165, 1.54) is 25.7 Å². The molecule has 4 atom stereocenters. The van der Waals surface area contributed by atoms with Crippen molar-refractivity contribution >= 4 is 0 Å². The summed E-state index contributed by atoms with van der Waals surface area (Å²) >= 11 is 0. The second-order valence-corrected chi connectivity index (χ2v) is 6.00. The molecule has 0 aromatic carbocycles. The lowest BCUT2D eigenvalue weighted by Crippen LogP contribution is -2.47. The fourth-order valence-electron chi connectivity index (χ4n) is 3.44. The first-order valence-corrected chi connectivity index (χ1v) is 6.60. The molecule has 2 fully saturated rings. The Balaban J connectivity index is 1.93. The molecule has 0 aromatic heterocycles. The molecule has 1 saturated carbocycles. The topological polar surface area (TPSA) is 38.5 Å². The van der Waals surface area contributed by atoms with Crippen molar-refractivity contribution in [2.24, 2.45) is 11.1 Å². The van der Waals surface area contributed by atoms with Gasteiger partial charge in [-0.2, -0.15) is 0 Å². The lowest BCUT2D eigenvalue weighted by molar-refractivity contribution is 0.0645. The van der Waals surface area contributed by atoms with E-state index in [1.807, 2.05) is 0 Å². The first-order chi connectivity index (χ1) is 7.53. The summed E-state index contributed by atoms with van der Waals surface area (Å²) in [5, 5.41) is 0. The Morgan fingerprint density at radius 1 is 1.44 bits per heavy atom. The zero-order valence-corrected chi connectivity index (χ0v) is 10.9. The van der Waals surface area contributed by atoms with E-state index in [1.54, 1.807) is 0 Å². The van der Waals surface area contributed by atoms with Crippen LogP contribution in [0.4, 0.5) is 0 Å². The first kappa shape index (κ1) is 12.3. The molecule has 1 heterocycles. The number of hydrogen-bond acceptors (Lipinski definition) is 3. The molecule has 0 aromatic rings. The molecule has 94 valence electrons. The van der Waals surface area contributed by atoms with E-state index in [4.69, 9.17) is 10.5 Å². The molecule has 0 amide bonds. The average molecular weight is 226 g/mol. The summed E-state index contributed by atoms with van der Waals surface area (Å²) < 4.78 is 5.64. The highest BCUT2D eigenvalue weighted by Crippen LogP contribution is 2.38. The van der Waals surface area contributed by atoms with Gasteiger partial charge in [0.05, 0.1) is 6.10 Å². The van der Waals surface area contributed by atoms with Crippen molar-refractivity contribution in [2.45, 2.75) is 57.7 Å². The van der Waals surface area contributed by atoms with Crippen LogP contribution in [-0.4, -0.2) is 43.3 Å². The minimum atomic E-state index is 0.317. The van der Waals surface area contributed by atoms with Gasteiger partial charge in [-0.05, 0) is 38.6 Å². The molecule has 0 bridgehead atoms. The molecule has 16 heavy (non-hydrogen) atoms. The molecule has 2 aliphatic rings. The van der Waals surface area contributed by atoms with Gasteiger partial charge >= 0.3 is 0 Å². The minimum absolute atomic E-state index is 0.317. The predicted octanol–water partition coefficient (Wildman–Crippen LogP) is 1.61. The van der Waals surface area contributed by atoms with Gasteiger partial charge in [-0.3, -0.25) is 0 Å². The van der Waals surface area contributed by atoms with Crippen LogP contribution in [0, 0.1) is 5.41 Å². The Morgan fingerprint density at radius 3 is 2.69 bits per heavy atom. The highest BCUT2D eigenvalue weighted by atomic mass is 16.5. The maximum absolute atomic E-state index is 6.24. The molecule has 1 aliphatic heterocycles. The van der Waals surface area contributed by atoms with Crippen molar-refractivity contribution in [3.63, 3.8) is 0 Å². The van der Waals surface area contributed by atoms with Gasteiger partial charge in [0.15, 0.2) is 0 Å². The van der Waals surface area contributed by atoms with Crippen LogP contribution < -0.4 is 5.73 Å². The van der Waals surface area contributed by atoms with E-state index >= 15 is 0 Å². The van der Waals surface area contributed by atoms with Crippen LogP contribution >= 0.6 is 0 Å². The van der Waals surface area contributed by atoms with Gasteiger partial charge in [-0.15, -0.1) is 0 Å². The lowest BCUT2D eigenvalue weighted by atomic mass is 9.84. The Morgan fingerprint density at radius 2 is 2.19 bits per heavy atom. The summed E-state index contributed by atoms with van der Waals surface area (Å²) in [5.41, 5.74) is 6.55. The van der Waals surface area contributed by atoms with Crippen molar-refractivity contribution in [3.8, 4) is 0 Å². The van der Waals surface area contributed by atoms with Gasteiger partial charge < -0.3 is 15.4 Å². The van der Waals surface area contributed by atoms with Crippen molar-refractivity contribution in [1.29, 1.82) is 0 Å². The molecule has 2 N–H and O–H groups in total. The summed E-state index contributed by atoms with van der Waals surface area (Å²) in [6, 6.07) is 0.970. The van der Waals surface area contributed by atoms with Gasteiger partial charge in [-0.25, -0.2) is 0 Å². The third-order valence-electron chi connectivity index (χ3n) is 4.67. The summed E-state index contributed by atoms with van der Waals surface area (Å²) in [4.78, 5) is 2.48. The lowest BCUT2D eigenvalue weighted by Gasteiger charge is -2.37. The second-order valence-electron chi connectivity index (χ2n) is 6.00. The van der Waals surface area contributed by atoms with Crippen molar-refractivity contribution < 1.29 is 4.74 Å². The highest BCUT2D eigenvalue weighted by molar-refractivity contribution is 4.95. The Kier molecular flexibility index (Phi) is 3.57. The molecule has 3 heteroatoms.